The number of hydrogen-bond donors (Lipinski definition) is 2. The predicted molar refractivity (Wildman–Crippen MR) is 141 cm³/mol. The molecule has 0 amide bonds. The van der Waals surface area contributed by atoms with Gasteiger partial charge in [-0.3, -0.25) is 0 Å². The minimum absolute atomic E-state index is 0.0516. The molecule has 188 valence electrons. The van der Waals surface area contributed by atoms with Crippen LogP contribution in [0.1, 0.15) is 29.3 Å². The molecule has 0 saturated carbocycles. The molecule has 2 N–H and O–H groups in total. The normalized spacial score (nSPS) is 16.8. The summed E-state index contributed by atoms with van der Waals surface area (Å²) in [5, 5.41) is 3.24. The molecular weight excluding hydrogens is 488 g/mol. The van der Waals surface area contributed by atoms with E-state index in [1.807, 2.05) is 24.3 Å². The number of nitrogens with zero attached hydrogens (tertiary/aromatic N) is 2. The van der Waals surface area contributed by atoms with Crippen LogP contribution in [0, 0.1) is 0 Å². The molecule has 4 heterocycles. The highest BCUT2D eigenvalue weighted by molar-refractivity contribution is 7.90. The Morgan fingerprint density at radius 1 is 1.08 bits per heavy atom. The third kappa shape index (κ3) is 4.70. The Labute approximate surface area is 215 Å². The number of allylic oxidation sites excluding steroid dienone is 1. The fourth-order valence-corrected chi connectivity index (χ4v) is 5.37. The Hall–Kier alpha value is -4.11. The quantitative estimate of drug-likeness (QED) is 0.374. The first-order valence-corrected chi connectivity index (χ1v) is 13.9. The van der Waals surface area contributed by atoms with E-state index in [2.05, 4.69) is 26.8 Å². The molecule has 2 aliphatic heterocycles. The van der Waals surface area contributed by atoms with Gasteiger partial charge in [-0.1, -0.05) is 18.7 Å². The van der Waals surface area contributed by atoms with Crippen LogP contribution in [-0.4, -0.2) is 36.2 Å². The minimum Gasteiger partial charge on any atom is -0.493 e. The zero-order valence-electron chi connectivity index (χ0n) is 20.3. The smallest absolute Gasteiger partial charge is 0.175 e. The molecule has 9 heteroatoms. The first kappa shape index (κ1) is 23.3. The number of H-pyrrole nitrogens is 1. The molecule has 37 heavy (non-hydrogen) atoms. The van der Waals surface area contributed by atoms with Crippen LogP contribution in [0.5, 0.6) is 17.2 Å². The fourth-order valence-electron chi connectivity index (χ4n) is 4.73. The largest absolute Gasteiger partial charge is 0.493 e. The summed E-state index contributed by atoms with van der Waals surface area (Å²) >= 11 is 0. The molecule has 0 aliphatic carbocycles. The molecule has 1 atom stereocenters. The third-order valence-electron chi connectivity index (χ3n) is 6.73. The average molecular weight is 515 g/mol. The van der Waals surface area contributed by atoms with Crippen molar-refractivity contribution in [2.45, 2.75) is 30.1 Å². The Balaban J connectivity index is 1.20. The number of pyridine rings is 1. The van der Waals surface area contributed by atoms with Gasteiger partial charge in [-0.2, -0.15) is 0 Å². The number of ether oxygens (including phenoxy) is 2. The van der Waals surface area contributed by atoms with Crippen LogP contribution >= 0.6 is 0 Å². The number of aromatic amines is 1. The summed E-state index contributed by atoms with van der Waals surface area (Å²) in [6, 6.07) is 14.6. The van der Waals surface area contributed by atoms with Gasteiger partial charge in [0.2, 0.25) is 0 Å². The van der Waals surface area contributed by atoms with E-state index in [1.165, 1.54) is 6.26 Å². The Kier molecular flexibility index (Phi) is 5.72. The van der Waals surface area contributed by atoms with Gasteiger partial charge in [-0.15, -0.1) is 0 Å². The van der Waals surface area contributed by atoms with Crippen LogP contribution in [0.3, 0.4) is 0 Å². The van der Waals surface area contributed by atoms with Crippen LogP contribution in [0.15, 0.2) is 78.1 Å². The predicted octanol–water partition coefficient (Wildman–Crippen LogP) is 5.26. The molecule has 6 rings (SSSR count). The molecule has 2 aromatic carbocycles. The van der Waals surface area contributed by atoms with Crippen molar-refractivity contribution in [1.29, 1.82) is 0 Å². The van der Waals surface area contributed by atoms with E-state index in [0.717, 1.165) is 76.2 Å². The Bertz CT molecular complexity index is 1610. The van der Waals surface area contributed by atoms with E-state index in [-0.39, 0.29) is 5.92 Å². The first-order chi connectivity index (χ1) is 17.8. The van der Waals surface area contributed by atoms with Gasteiger partial charge in [0, 0.05) is 23.7 Å². The third-order valence-corrected chi connectivity index (χ3v) is 7.85. The van der Waals surface area contributed by atoms with Crippen molar-refractivity contribution in [3.63, 3.8) is 0 Å². The lowest BCUT2D eigenvalue weighted by atomic mass is 9.96. The van der Waals surface area contributed by atoms with Gasteiger partial charge in [0.1, 0.15) is 28.9 Å². The number of benzene rings is 2. The average Bonchev–Trinajstić information content (AvgIpc) is 3.38. The summed E-state index contributed by atoms with van der Waals surface area (Å²) in [4.78, 5) is 12.7. The van der Waals surface area contributed by atoms with Crippen LogP contribution in [-0.2, 0) is 22.7 Å². The first-order valence-electron chi connectivity index (χ1n) is 12.0. The molecule has 2 aromatic heterocycles. The van der Waals surface area contributed by atoms with Crippen molar-refractivity contribution in [2.75, 3.05) is 18.2 Å². The number of rotatable bonds is 5. The van der Waals surface area contributed by atoms with E-state index >= 15 is 0 Å². The summed E-state index contributed by atoms with van der Waals surface area (Å²) in [5.41, 5.74) is 4.77. The van der Waals surface area contributed by atoms with E-state index in [9.17, 15) is 8.42 Å². The van der Waals surface area contributed by atoms with Gasteiger partial charge in [0.05, 0.1) is 29.3 Å². The Morgan fingerprint density at radius 2 is 1.92 bits per heavy atom. The number of hydrogen-bond acceptors (Lipinski definition) is 7. The second-order valence-corrected chi connectivity index (χ2v) is 11.4. The van der Waals surface area contributed by atoms with Crippen molar-refractivity contribution in [2.24, 2.45) is 0 Å². The highest BCUT2D eigenvalue weighted by Gasteiger charge is 2.25. The van der Waals surface area contributed by atoms with Crippen molar-refractivity contribution in [3.8, 4) is 28.5 Å². The number of nitrogens with one attached hydrogen (secondary N) is 2. The van der Waals surface area contributed by atoms with Crippen LogP contribution < -0.4 is 14.8 Å². The van der Waals surface area contributed by atoms with E-state index < -0.39 is 9.84 Å². The molecule has 2 aliphatic rings. The summed E-state index contributed by atoms with van der Waals surface area (Å²) in [5.74, 6) is 4.06. The topological polar surface area (TPSA) is 106 Å². The number of sulfone groups is 1. The maximum atomic E-state index is 11.7. The van der Waals surface area contributed by atoms with E-state index in [1.54, 1.807) is 36.7 Å². The summed E-state index contributed by atoms with van der Waals surface area (Å²) < 4.78 is 35.8. The van der Waals surface area contributed by atoms with Crippen molar-refractivity contribution >= 4 is 15.7 Å². The monoisotopic (exact) mass is 514 g/mol. The molecular formula is C28H26N4O4S. The van der Waals surface area contributed by atoms with Gasteiger partial charge in [0.25, 0.3) is 0 Å². The van der Waals surface area contributed by atoms with E-state index in [0.29, 0.717) is 11.5 Å². The highest BCUT2D eigenvalue weighted by atomic mass is 32.2. The maximum absolute atomic E-state index is 11.7. The molecule has 0 fully saturated rings. The zero-order chi connectivity index (χ0) is 25.6. The molecule has 0 bridgehead atoms. The highest BCUT2D eigenvalue weighted by Crippen LogP contribution is 2.38. The lowest BCUT2D eigenvalue weighted by Crippen LogP contribution is -2.20. The Morgan fingerprint density at radius 3 is 2.73 bits per heavy atom. The van der Waals surface area contributed by atoms with Gasteiger partial charge < -0.3 is 19.8 Å². The van der Waals surface area contributed by atoms with Crippen molar-refractivity contribution in [3.05, 3.63) is 90.2 Å². The van der Waals surface area contributed by atoms with E-state index in [4.69, 9.17) is 9.47 Å². The van der Waals surface area contributed by atoms with Crippen molar-refractivity contribution < 1.29 is 17.9 Å². The summed E-state index contributed by atoms with van der Waals surface area (Å²) in [6.45, 7) is 4.52. The van der Waals surface area contributed by atoms with Gasteiger partial charge in [0.15, 0.2) is 9.84 Å². The van der Waals surface area contributed by atoms with Crippen molar-refractivity contribution in [1.82, 2.24) is 15.0 Å². The standard InChI is InChI=1S/C28H26N4O4S/c1-17-3-9-23-26(11-12-29-28(23)31-17)36-21-6-10-25-19(14-21)13-20(16-35-25)27-30-15-24(32-27)18-4-7-22(8-5-18)37(2,33)34/h4-8,10-12,14-15,20H,1,3,9,13,16H2,2H3,(H,29,31)(H,30,32). The minimum atomic E-state index is -3.23. The number of imidazole rings is 1. The van der Waals surface area contributed by atoms with Crippen LogP contribution in [0.4, 0.5) is 5.82 Å². The van der Waals surface area contributed by atoms with Gasteiger partial charge >= 0.3 is 0 Å². The number of aromatic nitrogens is 3. The fraction of sp³-hybridized carbons (Fsp3) is 0.214. The SMILES string of the molecule is C=C1CCc2c(Oc3ccc4c(c3)CC(c3ncc(-c5ccc(S(C)(=O)=O)cc5)[nH]3)CO4)ccnc2N1. The lowest BCUT2D eigenvalue weighted by Gasteiger charge is -2.25. The molecule has 0 spiro atoms. The zero-order valence-corrected chi connectivity index (χ0v) is 21.1. The van der Waals surface area contributed by atoms with Crippen LogP contribution in [0.25, 0.3) is 11.3 Å². The summed E-state index contributed by atoms with van der Waals surface area (Å²) in [6.07, 6.45) is 7.14. The second-order valence-electron chi connectivity index (χ2n) is 9.43. The second kappa shape index (κ2) is 9.08. The summed E-state index contributed by atoms with van der Waals surface area (Å²) in [7, 11) is -3.23. The number of anilines is 1. The molecule has 0 saturated heterocycles. The lowest BCUT2D eigenvalue weighted by molar-refractivity contribution is 0.257. The number of fused-ring (bicyclic) bond motifs is 2. The van der Waals surface area contributed by atoms with Gasteiger partial charge in [-0.25, -0.2) is 18.4 Å². The molecule has 1 unspecified atom stereocenters. The molecule has 0 radical (unpaired) electrons. The molecule has 8 nitrogen and oxygen atoms in total. The van der Waals surface area contributed by atoms with Crippen LogP contribution in [0.2, 0.25) is 0 Å². The molecule has 4 aromatic rings. The van der Waals surface area contributed by atoms with Gasteiger partial charge in [-0.05, 0) is 66.8 Å². The maximum Gasteiger partial charge on any atom is 0.175 e.